The molecule has 0 amide bonds. The summed E-state index contributed by atoms with van der Waals surface area (Å²) in [6, 6.07) is 1.59. The molecule has 2 heteroatoms. The van der Waals surface area contributed by atoms with Crippen LogP contribution in [0, 0.1) is 5.41 Å². The van der Waals surface area contributed by atoms with E-state index in [2.05, 4.69) is 31.0 Å². The molecule has 3 fully saturated rings. The Morgan fingerprint density at radius 3 is 2.44 bits per heavy atom. The van der Waals surface area contributed by atoms with Gasteiger partial charge in [-0.3, -0.25) is 4.90 Å². The lowest BCUT2D eigenvalue weighted by molar-refractivity contribution is 0.0489. The predicted molar refractivity (Wildman–Crippen MR) is 76.8 cm³/mol. The summed E-state index contributed by atoms with van der Waals surface area (Å²) < 4.78 is 0. The Morgan fingerprint density at radius 1 is 1.11 bits per heavy atom. The molecule has 18 heavy (non-hydrogen) atoms. The van der Waals surface area contributed by atoms with Crippen LogP contribution >= 0.6 is 0 Å². The summed E-state index contributed by atoms with van der Waals surface area (Å²) >= 11 is 0. The third-order valence-corrected chi connectivity index (χ3v) is 5.80. The van der Waals surface area contributed by atoms with Crippen molar-refractivity contribution >= 4 is 0 Å². The second-order valence-corrected chi connectivity index (χ2v) is 7.95. The Bertz CT molecular complexity index is 304. The molecule has 1 spiro atoms. The van der Waals surface area contributed by atoms with Crippen LogP contribution in [0.4, 0.5) is 0 Å². The van der Waals surface area contributed by atoms with Gasteiger partial charge in [0.2, 0.25) is 0 Å². The Kier molecular flexibility index (Phi) is 3.22. The Morgan fingerprint density at radius 2 is 1.83 bits per heavy atom. The normalized spacial score (nSPS) is 39.5. The van der Waals surface area contributed by atoms with Crippen LogP contribution < -0.4 is 5.32 Å². The van der Waals surface area contributed by atoms with Crippen LogP contribution in [0.15, 0.2) is 0 Å². The highest BCUT2D eigenvalue weighted by molar-refractivity contribution is 5.03. The Labute approximate surface area is 113 Å². The molecule has 2 unspecified atom stereocenters. The maximum Gasteiger partial charge on any atom is 0.0309 e. The average molecular weight is 250 g/mol. The number of piperazine rings is 1. The molecular formula is C16H30N2. The third kappa shape index (κ3) is 2.34. The first-order chi connectivity index (χ1) is 8.50. The topological polar surface area (TPSA) is 15.3 Å². The fourth-order valence-corrected chi connectivity index (χ4v) is 4.60. The van der Waals surface area contributed by atoms with E-state index in [0.717, 1.165) is 12.1 Å². The van der Waals surface area contributed by atoms with Gasteiger partial charge in [0.05, 0.1) is 0 Å². The van der Waals surface area contributed by atoms with Gasteiger partial charge in [0.25, 0.3) is 0 Å². The van der Waals surface area contributed by atoms with Crippen molar-refractivity contribution in [3.05, 3.63) is 0 Å². The van der Waals surface area contributed by atoms with Crippen molar-refractivity contribution in [2.45, 2.75) is 83.3 Å². The first-order valence-electron chi connectivity index (χ1n) is 8.01. The smallest absolute Gasteiger partial charge is 0.0309 e. The molecule has 2 aliphatic carbocycles. The Hall–Kier alpha value is -0.0800. The van der Waals surface area contributed by atoms with Gasteiger partial charge in [-0.05, 0) is 44.4 Å². The summed E-state index contributed by atoms with van der Waals surface area (Å²) in [4.78, 5) is 2.86. The van der Waals surface area contributed by atoms with Gasteiger partial charge in [-0.2, -0.15) is 0 Å². The summed E-state index contributed by atoms with van der Waals surface area (Å²) in [5, 5.41) is 3.88. The van der Waals surface area contributed by atoms with Crippen molar-refractivity contribution in [1.29, 1.82) is 0 Å². The fraction of sp³-hybridized carbons (Fsp3) is 1.00. The lowest BCUT2D eigenvalue weighted by atomic mass is 9.89. The standard InChI is InChI=1S/C16H30N2/c1-13-11-17-16(7-4-5-8-16)12-18(13)14-6-9-15(2,3)10-14/h13-14,17H,4-12H2,1-3H3. The van der Waals surface area contributed by atoms with E-state index in [9.17, 15) is 0 Å². The van der Waals surface area contributed by atoms with Gasteiger partial charge in [0.1, 0.15) is 0 Å². The third-order valence-electron chi connectivity index (χ3n) is 5.80. The monoisotopic (exact) mass is 250 g/mol. The van der Waals surface area contributed by atoms with Crippen molar-refractivity contribution in [2.24, 2.45) is 5.41 Å². The molecule has 0 bridgehead atoms. The number of hydrogen-bond acceptors (Lipinski definition) is 2. The number of nitrogens with one attached hydrogen (secondary N) is 1. The highest BCUT2D eigenvalue weighted by Gasteiger charge is 2.44. The van der Waals surface area contributed by atoms with Crippen molar-refractivity contribution in [3.8, 4) is 0 Å². The zero-order valence-corrected chi connectivity index (χ0v) is 12.5. The molecule has 1 N–H and O–H groups in total. The highest BCUT2D eigenvalue weighted by atomic mass is 15.3. The SMILES string of the molecule is CC1CNC2(CCCC2)CN1C1CCC(C)(C)C1. The van der Waals surface area contributed by atoms with Gasteiger partial charge >= 0.3 is 0 Å². The molecule has 2 nitrogen and oxygen atoms in total. The second-order valence-electron chi connectivity index (χ2n) is 7.95. The largest absolute Gasteiger partial charge is 0.308 e. The van der Waals surface area contributed by atoms with Gasteiger partial charge in [-0.1, -0.05) is 26.7 Å². The van der Waals surface area contributed by atoms with E-state index in [4.69, 9.17) is 0 Å². The quantitative estimate of drug-likeness (QED) is 0.769. The van der Waals surface area contributed by atoms with E-state index in [1.54, 1.807) is 0 Å². The second kappa shape index (κ2) is 4.49. The van der Waals surface area contributed by atoms with E-state index >= 15 is 0 Å². The summed E-state index contributed by atoms with van der Waals surface area (Å²) in [6.07, 6.45) is 9.94. The molecule has 1 aliphatic heterocycles. The number of rotatable bonds is 1. The van der Waals surface area contributed by atoms with Crippen LogP contribution in [-0.4, -0.2) is 35.6 Å². The summed E-state index contributed by atoms with van der Waals surface area (Å²) in [7, 11) is 0. The molecule has 3 rings (SSSR count). The van der Waals surface area contributed by atoms with Crippen molar-refractivity contribution in [3.63, 3.8) is 0 Å². The van der Waals surface area contributed by atoms with E-state index in [1.807, 2.05) is 0 Å². The first-order valence-corrected chi connectivity index (χ1v) is 8.01. The van der Waals surface area contributed by atoms with Gasteiger partial charge in [-0.15, -0.1) is 0 Å². The molecule has 1 saturated heterocycles. The van der Waals surface area contributed by atoms with Gasteiger partial charge in [0, 0.05) is 30.7 Å². The lowest BCUT2D eigenvalue weighted by Crippen LogP contribution is -2.64. The van der Waals surface area contributed by atoms with Crippen molar-refractivity contribution in [2.75, 3.05) is 13.1 Å². The van der Waals surface area contributed by atoms with E-state index in [1.165, 1.54) is 58.0 Å². The maximum atomic E-state index is 3.88. The molecule has 0 aromatic heterocycles. The highest BCUT2D eigenvalue weighted by Crippen LogP contribution is 2.42. The molecule has 1 heterocycles. The van der Waals surface area contributed by atoms with Crippen LogP contribution in [-0.2, 0) is 0 Å². The van der Waals surface area contributed by atoms with Gasteiger partial charge < -0.3 is 5.32 Å². The molecule has 2 saturated carbocycles. The van der Waals surface area contributed by atoms with Gasteiger partial charge in [0.15, 0.2) is 0 Å². The fourth-order valence-electron chi connectivity index (χ4n) is 4.60. The summed E-state index contributed by atoms with van der Waals surface area (Å²) in [5.41, 5.74) is 1.07. The van der Waals surface area contributed by atoms with Crippen LogP contribution in [0.3, 0.4) is 0 Å². The minimum absolute atomic E-state index is 0.485. The van der Waals surface area contributed by atoms with Crippen LogP contribution in [0.1, 0.15) is 65.7 Å². The van der Waals surface area contributed by atoms with Crippen molar-refractivity contribution < 1.29 is 0 Å². The van der Waals surface area contributed by atoms with Gasteiger partial charge in [-0.25, -0.2) is 0 Å². The average Bonchev–Trinajstić information content (AvgIpc) is 2.90. The maximum absolute atomic E-state index is 3.88. The molecule has 0 aromatic carbocycles. The van der Waals surface area contributed by atoms with E-state index < -0.39 is 0 Å². The van der Waals surface area contributed by atoms with E-state index in [0.29, 0.717) is 11.0 Å². The lowest BCUT2D eigenvalue weighted by Gasteiger charge is -2.48. The predicted octanol–water partition coefficient (Wildman–Crippen LogP) is 3.17. The number of hydrogen-bond donors (Lipinski definition) is 1. The van der Waals surface area contributed by atoms with Crippen LogP contribution in [0.5, 0.6) is 0 Å². The van der Waals surface area contributed by atoms with E-state index in [-0.39, 0.29) is 0 Å². The minimum atomic E-state index is 0.485. The minimum Gasteiger partial charge on any atom is -0.308 e. The molecular weight excluding hydrogens is 220 g/mol. The zero-order valence-electron chi connectivity index (χ0n) is 12.5. The van der Waals surface area contributed by atoms with Crippen LogP contribution in [0.2, 0.25) is 0 Å². The molecule has 2 atom stereocenters. The molecule has 0 aromatic rings. The molecule has 3 aliphatic rings. The molecule has 104 valence electrons. The van der Waals surface area contributed by atoms with Crippen molar-refractivity contribution in [1.82, 2.24) is 10.2 Å². The zero-order chi connectivity index (χ0) is 12.8. The summed E-state index contributed by atoms with van der Waals surface area (Å²) in [6.45, 7) is 9.84. The summed E-state index contributed by atoms with van der Waals surface area (Å²) in [5.74, 6) is 0. The Balaban J connectivity index is 1.70. The molecule has 0 radical (unpaired) electrons. The van der Waals surface area contributed by atoms with Crippen LogP contribution in [0.25, 0.3) is 0 Å². The first kappa shape index (κ1) is 12.9. The number of nitrogens with zero attached hydrogens (tertiary/aromatic N) is 1.